The molecule has 1 amide bonds. The highest BCUT2D eigenvalue weighted by atomic mass is 16.5. The van der Waals surface area contributed by atoms with E-state index in [2.05, 4.69) is 0 Å². The van der Waals surface area contributed by atoms with Crippen molar-refractivity contribution in [2.24, 2.45) is 0 Å². The fourth-order valence-electron chi connectivity index (χ4n) is 2.09. The molecule has 0 heterocycles. The molecule has 0 aromatic heterocycles. The van der Waals surface area contributed by atoms with Crippen LogP contribution >= 0.6 is 0 Å². The summed E-state index contributed by atoms with van der Waals surface area (Å²) in [5, 5.41) is 0. The van der Waals surface area contributed by atoms with Crippen molar-refractivity contribution < 1.29 is 14.3 Å². The van der Waals surface area contributed by atoms with Gasteiger partial charge in [0.25, 0.3) is 5.91 Å². The Kier molecular flexibility index (Phi) is 5.24. The maximum Gasteiger partial charge on any atom is 0.253 e. The Morgan fingerprint density at radius 2 is 1.79 bits per heavy atom. The summed E-state index contributed by atoms with van der Waals surface area (Å²) in [6.45, 7) is 7.06. The number of ketones is 1. The van der Waals surface area contributed by atoms with E-state index in [0.717, 1.165) is 16.8 Å². The summed E-state index contributed by atoms with van der Waals surface area (Å²) in [5.41, 5.74) is 2.74. The maximum absolute atomic E-state index is 12.2. The monoisotopic (exact) mass is 263 g/mol. The smallest absolute Gasteiger partial charge is 0.253 e. The lowest BCUT2D eigenvalue weighted by Gasteiger charge is -2.30. The number of anilines is 1. The first kappa shape index (κ1) is 15.4. The Morgan fingerprint density at radius 1 is 1.26 bits per heavy atom. The molecule has 104 valence electrons. The first-order chi connectivity index (χ1) is 8.90. The Morgan fingerprint density at radius 3 is 2.21 bits per heavy atom. The number of hydrogen-bond donors (Lipinski definition) is 0. The van der Waals surface area contributed by atoms with Gasteiger partial charge in [-0.05, 0) is 38.8 Å². The molecule has 0 saturated carbocycles. The van der Waals surface area contributed by atoms with Gasteiger partial charge in [0.2, 0.25) is 0 Å². The Labute approximate surface area is 114 Å². The quantitative estimate of drug-likeness (QED) is 0.818. The molecule has 0 spiro atoms. The fourth-order valence-corrected chi connectivity index (χ4v) is 2.09. The van der Waals surface area contributed by atoms with Crippen LogP contribution in [0.3, 0.4) is 0 Å². The van der Waals surface area contributed by atoms with Gasteiger partial charge in [-0.1, -0.05) is 18.2 Å². The predicted octanol–water partition coefficient (Wildman–Crippen LogP) is 2.26. The van der Waals surface area contributed by atoms with Crippen molar-refractivity contribution in [2.45, 2.75) is 33.7 Å². The lowest BCUT2D eigenvalue weighted by molar-refractivity contribution is -0.126. The van der Waals surface area contributed by atoms with Gasteiger partial charge in [-0.2, -0.15) is 0 Å². The number of rotatable bonds is 5. The summed E-state index contributed by atoms with van der Waals surface area (Å²) in [6.07, 6.45) is 0. The molecule has 0 aliphatic heterocycles. The fraction of sp³-hybridized carbons (Fsp3) is 0.467. The van der Waals surface area contributed by atoms with Gasteiger partial charge in [-0.25, -0.2) is 0 Å². The van der Waals surface area contributed by atoms with Crippen molar-refractivity contribution in [3.8, 4) is 0 Å². The van der Waals surface area contributed by atoms with Crippen LogP contribution < -0.4 is 4.90 Å². The molecular formula is C15H21NO3. The van der Waals surface area contributed by atoms with Crippen LogP contribution in [0.15, 0.2) is 18.2 Å². The standard InChI is InChI=1S/C15H21NO3/c1-10-7-6-8-11(2)15(10)16(12(3)13(4)17)14(18)9-19-5/h6-8,12H,9H2,1-5H3. The molecule has 1 aromatic rings. The van der Waals surface area contributed by atoms with Gasteiger partial charge in [0.05, 0.1) is 11.7 Å². The van der Waals surface area contributed by atoms with E-state index >= 15 is 0 Å². The molecule has 0 fully saturated rings. The van der Waals surface area contributed by atoms with Crippen molar-refractivity contribution in [3.63, 3.8) is 0 Å². The number of aryl methyl sites for hydroxylation is 2. The largest absolute Gasteiger partial charge is 0.375 e. The molecule has 1 unspecified atom stereocenters. The summed E-state index contributed by atoms with van der Waals surface area (Å²) >= 11 is 0. The van der Waals surface area contributed by atoms with Gasteiger partial charge in [0.15, 0.2) is 5.78 Å². The molecule has 1 atom stereocenters. The van der Waals surface area contributed by atoms with E-state index in [9.17, 15) is 9.59 Å². The number of Topliss-reactive ketones (excluding diaryl/α,β-unsaturated/α-hetero) is 1. The molecule has 0 aliphatic rings. The predicted molar refractivity (Wildman–Crippen MR) is 75.4 cm³/mol. The first-order valence-electron chi connectivity index (χ1n) is 6.27. The zero-order chi connectivity index (χ0) is 14.6. The second kappa shape index (κ2) is 6.48. The number of nitrogens with zero attached hydrogens (tertiary/aromatic N) is 1. The lowest BCUT2D eigenvalue weighted by atomic mass is 10.0. The van der Waals surface area contributed by atoms with Gasteiger partial charge in [0.1, 0.15) is 6.61 Å². The maximum atomic E-state index is 12.2. The second-order valence-electron chi connectivity index (χ2n) is 4.72. The third kappa shape index (κ3) is 3.41. The molecule has 4 nitrogen and oxygen atoms in total. The minimum atomic E-state index is -0.498. The van der Waals surface area contributed by atoms with E-state index in [4.69, 9.17) is 4.74 Å². The number of para-hydroxylation sites is 1. The Bertz CT molecular complexity index is 462. The minimum Gasteiger partial charge on any atom is -0.375 e. The Balaban J connectivity index is 3.31. The van der Waals surface area contributed by atoms with E-state index in [0.29, 0.717) is 0 Å². The molecule has 1 rings (SSSR count). The average Bonchev–Trinajstić information content (AvgIpc) is 2.33. The van der Waals surface area contributed by atoms with Crippen molar-refractivity contribution in [1.82, 2.24) is 0 Å². The van der Waals surface area contributed by atoms with E-state index in [1.807, 2.05) is 32.0 Å². The third-order valence-electron chi connectivity index (χ3n) is 3.19. The normalized spacial score (nSPS) is 12.1. The summed E-state index contributed by atoms with van der Waals surface area (Å²) < 4.78 is 4.91. The lowest BCUT2D eigenvalue weighted by Crippen LogP contribution is -2.45. The number of carbonyl (C=O) groups excluding carboxylic acids is 2. The number of ether oxygens (including phenoxy) is 1. The second-order valence-corrected chi connectivity index (χ2v) is 4.72. The zero-order valence-corrected chi connectivity index (χ0v) is 12.2. The number of methoxy groups -OCH3 is 1. The van der Waals surface area contributed by atoms with Crippen LogP contribution in [0.4, 0.5) is 5.69 Å². The highest BCUT2D eigenvalue weighted by Crippen LogP contribution is 2.27. The minimum absolute atomic E-state index is 0.0363. The molecule has 1 aromatic carbocycles. The molecule has 0 radical (unpaired) electrons. The van der Waals surface area contributed by atoms with Gasteiger partial charge < -0.3 is 4.74 Å². The van der Waals surface area contributed by atoms with E-state index in [1.165, 1.54) is 18.9 Å². The number of benzene rings is 1. The molecule has 0 saturated heterocycles. The summed E-state index contributed by atoms with van der Waals surface area (Å²) in [4.78, 5) is 25.4. The molecule has 0 aliphatic carbocycles. The third-order valence-corrected chi connectivity index (χ3v) is 3.19. The van der Waals surface area contributed by atoms with Crippen LogP contribution in [0, 0.1) is 13.8 Å². The van der Waals surface area contributed by atoms with Gasteiger partial charge in [-0.15, -0.1) is 0 Å². The van der Waals surface area contributed by atoms with Crippen LogP contribution in [-0.2, 0) is 14.3 Å². The zero-order valence-electron chi connectivity index (χ0n) is 12.2. The van der Waals surface area contributed by atoms with Crippen LogP contribution in [0.1, 0.15) is 25.0 Å². The van der Waals surface area contributed by atoms with Gasteiger partial charge in [-0.3, -0.25) is 14.5 Å². The van der Waals surface area contributed by atoms with Crippen LogP contribution in [0.25, 0.3) is 0 Å². The van der Waals surface area contributed by atoms with Gasteiger partial charge in [0, 0.05) is 7.11 Å². The van der Waals surface area contributed by atoms with Crippen molar-refractivity contribution in [2.75, 3.05) is 18.6 Å². The SMILES string of the molecule is COCC(=O)N(c1c(C)cccc1C)C(C)C(C)=O. The molecular weight excluding hydrogens is 242 g/mol. The van der Waals surface area contributed by atoms with E-state index in [-0.39, 0.29) is 18.3 Å². The summed E-state index contributed by atoms with van der Waals surface area (Å²) in [6, 6.07) is 5.30. The number of amides is 1. The number of carbonyl (C=O) groups is 2. The highest BCUT2D eigenvalue weighted by Gasteiger charge is 2.27. The summed E-state index contributed by atoms with van der Waals surface area (Å²) in [7, 11) is 1.47. The van der Waals surface area contributed by atoms with Crippen LogP contribution in [0.5, 0.6) is 0 Å². The van der Waals surface area contributed by atoms with E-state index < -0.39 is 6.04 Å². The first-order valence-corrected chi connectivity index (χ1v) is 6.27. The Hall–Kier alpha value is -1.68. The average molecular weight is 263 g/mol. The summed E-state index contributed by atoms with van der Waals surface area (Å²) in [5.74, 6) is -0.255. The van der Waals surface area contributed by atoms with Crippen molar-refractivity contribution in [3.05, 3.63) is 29.3 Å². The van der Waals surface area contributed by atoms with Gasteiger partial charge >= 0.3 is 0 Å². The highest BCUT2D eigenvalue weighted by molar-refractivity contribution is 6.02. The molecule has 0 N–H and O–H groups in total. The van der Waals surface area contributed by atoms with Crippen molar-refractivity contribution >= 4 is 17.4 Å². The molecule has 4 heteroatoms. The van der Waals surface area contributed by atoms with E-state index in [1.54, 1.807) is 6.92 Å². The topological polar surface area (TPSA) is 46.6 Å². The van der Waals surface area contributed by atoms with Crippen LogP contribution in [-0.4, -0.2) is 31.4 Å². The van der Waals surface area contributed by atoms with Crippen LogP contribution in [0.2, 0.25) is 0 Å². The molecule has 0 bridgehead atoms. The number of hydrogen-bond acceptors (Lipinski definition) is 3. The van der Waals surface area contributed by atoms with Crippen molar-refractivity contribution in [1.29, 1.82) is 0 Å². The molecule has 19 heavy (non-hydrogen) atoms.